The minimum absolute atomic E-state index is 0.0469. The number of ether oxygens (including phenoxy) is 1. The second kappa shape index (κ2) is 4.72. The lowest BCUT2D eigenvalue weighted by atomic mass is 9.81. The Kier molecular flexibility index (Phi) is 2.98. The summed E-state index contributed by atoms with van der Waals surface area (Å²) in [6, 6.07) is 19.3. The van der Waals surface area contributed by atoms with Gasteiger partial charge < -0.3 is 9.64 Å². The Hall–Kier alpha value is -2.06. The van der Waals surface area contributed by atoms with Crippen LogP contribution in [0.15, 0.2) is 60.3 Å². The van der Waals surface area contributed by atoms with Crippen molar-refractivity contribution in [1.82, 2.24) is 4.90 Å². The predicted molar refractivity (Wildman–Crippen MR) is 93.8 cm³/mol. The Morgan fingerprint density at radius 3 is 2.30 bits per heavy atom. The molecule has 118 valence electrons. The SMILES string of the molecule is CC1=C(C)N2C(C)(C)COC2(c2ccccc2)c2ccccc21. The van der Waals surface area contributed by atoms with E-state index in [0.29, 0.717) is 6.61 Å². The van der Waals surface area contributed by atoms with Gasteiger partial charge in [0.25, 0.3) is 0 Å². The van der Waals surface area contributed by atoms with Gasteiger partial charge in [-0.15, -0.1) is 0 Å². The molecular formula is C21H23NO. The van der Waals surface area contributed by atoms with Crippen molar-refractivity contribution in [3.05, 3.63) is 77.0 Å². The van der Waals surface area contributed by atoms with Crippen LogP contribution in [0, 0.1) is 0 Å². The largest absolute Gasteiger partial charge is 0.345 e. The van der Waals surface area contributed by atoms with Gasteiger partial charge in [-0.1, -0.05) is 54.6 Å². The first-order chi connectivity index (χ1) is 11.0. The third-order valence-electron chi connectivity index (χ3n) is 5.29. The lowest BCUT2D eigenvalue weighted by Crippen LogP contribution is -2.52. The molecule has 0 radical (unpaired) electrons. The van der Waals surface area contributed by atoms with Crippen LogP contribution in [0.3, 0.4) is 0 Å². The van der Waals surface area contributed by atoms with E-state index in [0.717, 1.165) is 0 Å². The fourth-order valence-electron chi connectivity index (χ4n) is 4.22. The van der Waals surface area contributed by atoms with E-state index in [1.54, 1.807) is 0 Å². The number of benzene rings is 2. The molecular weight excluding hydrogens is 282 g/mol. The second-order valence-electron chi connectivity index (χ2n) is 7.20. The first-order valence-electron chi connectivity index (χ1n) is 8.26. The van der Waals surface area contributed by atoms with Crippen LogP contribution in [0.2, 0.25) is 0 Å². The molecule has 1 saturated heterocycles. The molecule has 4 rings (SSSR count). The molecule has 2 aliphatic heterocycles. The molecule has 0 aromatic heterocycles. The van der Waals surface area contributed by atoms with Crippen molar-refractivity contribution in [2.45, 2.75) is 39.0 Å². The minimum atomic E-state index is -0.523. The fraction of sp³-hybridized carbons (Fsp3) is 0.333. The molecule has 2 nitrogen and oxygen atoms in total. The Labute approximate surface area is 138 Å². The first kappa shape index (κ1) is 14.5. The highest BCUT2D eigenvalue weighted by Gasteiger charge is 2.56. The summed E-state index contributed by atoms with van der Waals surface area (Å²) < 4.78 is 6.58. The maximum atomic E-state index is 6.58. The second-order valence-corrected chi connectivity index (χ2v) is 7.20. The summed E-state index contributed by atoms with van der Waals surface area (Å²) >= 11 is 0. The van der Waals surface area contributed by atoms with Crippen LogP contribution in [-0.4, -0.2) is 17.0 Å². The molecule has 1 fully saturated rings. The zero-order valence-corrected chi connectivity index (χ0v) is 14.3. The van der Waals surface area contributed by atoms with Crippen LogP contribution in [0.5, 0.6) is 0 Å². The highest BCUT2D eigenvalue weighted by molar-refractivity contribution is 5.73. The molecule has 0 saturated carbocycles. The Morgan fingerprint density at radius 2 is 1.57 bits per heavy atom. The molecule has 2 heteroatoms. The molecule has 23 heavy (non-hydrogen) atoms. The quantitative estimate of drug-likeness (QED) is 0.753. The van der Waals surface area contributed by atoms with Gasteiger partial charge in [-0.3, -0.25) is 0 Å². The van der Waals surface area contributed by atoms with E-state index in [-0.39, 0.29) is 5.54 Å². The fourth-order valence-corrected chi connectivity index (χ4v) is 4.22. The lowest BCUT2D eigenvalue weighted by Gasteiger charge is -2.49. The summed E-state index contributed by atoms with van der Waals surface area (Å²) in [6.07, 6.45) is 0. The van der Waals surface area contributed by atoms with Gasteiger partial charge in [-0.05, 0) is 38.8 Å². The molecule has 0 amide bonds. The van der Waals surface area contributed by atoms with Gasteiger partial charge in [0, 0.05) is 16.8 Å². The van der Waals surface area contributed by atoms with E-state index in [1.807, 2.05) is 0 Å². The highest BCUT2D eigenvalue weighted by atomic mass is 16.5. The Balaban J connectivity index is 2.09. The molecule has 2 aromatic carbocycles. The smallest absolute Gasteiger partial charge is 0.194 e. The van der Waals surface area contributed by atoms with Crippen LogP contribution in [-0.2, 0) is 10.5 Å². The Bertz CT molecular complexity index is 790. The highest BCUT2D eigenvalue weighted by Crippen LogP contribution is 2.54. The number of hydrogen-bond acceptors (Lipinski definition) is 2. The molecule has 1 atom stereocenters. The van der Waals surface area contributed by atoms with Gasteiger partial charge in [-0.2, -0.15) is 0 Å². The van der Waals surface area contributed by atoms with E-state index in [2.05, 4.69) is 87.2 Å². The van der Waals surface area contributed by atoms with E-state index < -0.39 is 5.72 Å². The predicted octanol–water partition coefficient (Wildman–Crippen LogP) is 4.76. The molecule has 2 aromatic rings. The summed E-state index contributed by atoms with van der Waals surface area (Å²) in [5.74, 6) is 0. The van der Waals surface area contributed by atoms with Crippen LogP contribution in [0.25, 0.3) is 5.57 Å². The van der Waals surface area contributed by atoms with Crippen LogP contribution in [0.1, 0.15) is 44.4 Å². The zero-order valence-electron chi connectivity index (χ0n) is 14.3. The molecule has 0 bridgehead atoms. The number of fused-ring (bicyclic) bond motifs is 3. The van der Waals surface area contributed by atoms with Crippen molar-refractivity contribution < 1.29 is 4.74 Å². The minimum Gasteiger partial charge on any atom is -0.345 e. The number of rotatable bonds is 1. The summed E-state index contributed by atoms with van der Waals surface area (Å²) in [5.41, 5.74) is 5.81. The third kappa shape index (κ3) is 1.79. The van der Waals surface area contributed by atoms with Crippen molar-refractivity contribution >= 4 is 5.57 Å². The summed E-state index contributed by atoms with van der Waals surface area (Å²) in [6.45, 7) is 9.68. The number of hydrogen-bond donors (Lipinski definition) is 0. The van der Waals surface area contributed by atoms with Crippen LogP contribution >= 0.6 is 0 Å². The van der Waals surface area contributed by atoms with E-state index >= 15 is 0 Å². The van der Waals surface area contributed by atoms with Crippen LogP contribution in [0.4, 0.5) is 0 Å². The standard InChI is InChI=1S/C21H23NO/c1-15-16(2)22-20(3,4)14-23-21(22,17-10-6-5-7-11-17)19-13-9-8-12-18(15)19/h5-13H,14H2,1-4H3. The van der Waals surface area contributed by atoms with Gasteiger partial charge in [0.1, 0.15) is 0 Å². The molecule has 0 N–H and O–H groups in total. The van der Waals surface area contributed by atoms with E-state index in [9.17, 15) is 0 Å². The molecule has 0 aliphatic carbocycles. The van der Waals surface area contributed by atoms with Crippen molar-refractivity contribution in [1.29, 1.82) is 0 Å². The van der Waals surface area contributed by atoms with Crippen molar-refractivity contribution in [3.8, 4) is 0 Å². The third-order valence-corrected chi connectivity index (χ3v) is 5.29. The average Bonchev–Trinajstić information content (AvgIpc) is 2.86. The van der Waals surface area contributed by atoms with Crippen molar-refractivity contribution in [2.24, 2.45) is 0 Å². The lowest BCUT2D eigenvalue weighted by molar-refractivity contribution is -0.0448. The van der Waals surface area contributed by atoms with Crippen LogP contribution < -0.4 is 0 Å². The van der Waals surface area contributed by atoms with Crippen molar-refractivity contribution in [3.63, 3.8) is 0 Å². The van der Waals surface area contributed by atoms with E-state index in [4.69, 9.17) is 4.74 Å². The monoisotopic (exact) mass is 305 g/mol. The average molecular weight is 305 g/mol. The maximum Gasteiger partial charge on any atom is 0.194 e. The van der Waals surface area contributed by atoms with Gasteiger partial charge in [-0.25, -0.2) is 0 Å². The maximum absolute atomic E-state index is 6.58. The Morgan fingerprint density at radius 1 is 0.913 bits per heavy atom. The molecule has 2 heterocycles. The molecule has 2 aliphatic rings. The molecule has 0 spiro atoms. The topological polar surface area (TPSA) is 12.5 Å². The zero-order chi connectivity index (χ0) is 16.2. The van der Waals surface area contributed by atoms with Gasteiger partial charge in [0.15, 0.2) is 5.72 Å². The number of nitrogens with zero attached hydrogens (tertiary/aromatic N) is 1. The van der Waals surface area contributed by atoms with Gasteiger partial charge >= 0.3 is 0 Å². The summed E-state index contributed by atoms with van der Waals surface area (Å²) in [4.78, 5) is 2.48. The summed E-state index contributed by atoms with van der Waals surface area (Å²) in [5, 5.41) is 0. The van der Waals surface area contributed by atoms with Gasteiger partial charge in [0.2, 0.25) is 0 Å². The van der Waals surface area contributed by atoms with E-state index in [1.165, 1.54) is 28.0 Å². The van der Waals surface area contributed by atoms with Gasteiger partial charge in [0.05, 0.1) is 12.1 Å². The van der Waals surface area contributed by atoms with Crippen molar-refractivity contribution in [2.75, 3.05) is 6.61 Å². The normalized spacial score (nSPS) is 25.3. The number of allylic oxidation sites excluding steroid dienone is 2. The summed E-state index contributed by atoms with van der Waals surface area (Å²) in [7, 11) is 0. The molecule has 1 unspecified atom stereocenters. The first-order valence-corrected chi connectivity index (χ1v) is 8.26.